The molecule has 0 spiro atoms. The molecule has 1 aliphatic carbocycles. The highest BCUT2D eigenvalue weighted by atomic mass is 19.1. The second-order valence-electron chi connectivity index (χ2n) is 10.4. The predicted molar refractivity (Wildman–Crippen MR) is 145 cm³/mol. The third kappa shape index (κ3) is 5.41. The Hall–Kier alpha value is -4.08. The number of aromatic nitrogens is 5. The summed E-state index contributed by atoms with van der Waals surface area (Å²) in [4.78, 5) is 32.4. The van der Waals surface area contributed by atoms with Crippen LogP contribution in [-0.2, 0) is 9.53 Å². The molecule has 0 saturated heterocycles. The van der Waals surface area contributed by atoms with E-state index < -0.39 is 11.8 Å². The van der Waals surface area contributed by atoms with Gasteiger partial charge in [-0.25, -0.2) is 23.4 Å². The second kappa shape index (κ2) is 11.0. The summed E-state index contributed by atoms with van der Waals surface area (Å²) in [5, 5.41) is 9.14. The lowest BCUT2D eigenvalue weighted by Crippen LogP contribution is -2.43. The molecule has 5 rings (SSSR count). The molecule has 3 aromatic heterocycles. The third-order valence-electron chi connectivity index (χ3n) is 7.25. The van der Waals surface area contributed by atoms with Crippen LogP contribution in [0.4, 0.5) is 10.2 Å². The Balaban J connectivity index is 1.48. The molecule has 9 nitrogen and oxygen atoms in total. The average molecular weight is 533 g/mol. The van der Waals surface area contributed by atoms with Crippen molar-refractivity contribution in [3.05, 3.63) is 60.3 Å². The fourth-order valence-electron chi connectivity index (χ4n) is 5.11. The summed E-state index contributed by atoms with van der Waals surface area (Å²) in [6, 6.07) is 9.02. The number of fused-ring (bicyclic) bond motifs is 1. The zero-order valence-corrected chi connectivity index (χ0v) is 22.7. The summed E-state index contributed by atoms with van der Waals surface area (Å²) in [5.74, 6) is -0.139. The van der Waals surface area contributed by atoms with Gasteiger partial charge in [-0.05, 0) is 64.5 Å². The van der Waals surface area contributed by atoms with Gasteiger partial charge in [-0.2, -0.15) is 5.10 Å². The van der Waals surface area contributed by atoms with Crippen LogP contribution in [0.2, 0.25) is 0 Å². The van der Waals surface area contributed by atoms with Gasteiger partial charge in [0.15, 0.2) is 17.3 Å². The van der Waals surface area contributed by atoms with Gasteiger partial charge >= 0.3 is 5.97 Å². The van der Waals surface area contributed by atoms with Crippen molar-refractivity contribution in [1.82, 2.24) is 24.4 Å². The molecule has 1 saturated carbocycles. The van der Waals surface area contributed by atoms with E-state index in [0.29, 0.717) is 28.8 Å². The lowest BCUT2D eigenvalue weighted by molar-refractivity contribution is -0.124. The zero-order chi connectivity index (χ0) is 27.7. The first-order valence-corrected chi connectivity index (χ1v) is 13.5. The van der Waals surface area contributed by atoms with E-state index in [1.54, 1.807) is 28.8 Å². The van der Waals surface area contributed by atoms with Gasteiger partial charge in [0.05, 0.1) is 30.4 Å². The molecule has 0 bridgehead atoms. The summed E-state index contributed by atoms with van der Waals surface area (Å²) in [6.07, 6.45) is 7.76. The number of halogens is 1. The summed E-state index contributed by atoms with van der Waals surface area (Å²) in [6.45, 7) is 8.05. The molecule has 1 fully saturated rings. The van der Waals surface area contributed by atoms with Crippen LogP contribution in [0, 0.1) is 17.7 Å². The molecule has 204 valence electrons. The predicted octanol–water partition coefficient (Wildman–Crippen LogP) is 5.47. The fraction of sp³-hybridized carbons (Fsp3) is 0.414. The monoisotopic (exact) mass is 532 g/mol. The average Bonchev–Trinajstić information content (AvgIpc) is 3.54. The minimum absolute atomic E-state index is 0.0000547. The van der Waals surface area contributed by atoms with E-state index in [4.69, 9.17) is 9.84 Å². The third-order valence-corrected chi connectivity index (χ3v) is 7.25. The Morgan fingerprint density at radius 1 is 1.10 bits per heavy atom. The van der Waals surface area contributed by atoms with E-state index in [0.717, 1.165) is 37.4 Å². The van der Waals surface area contributed by atoms with Crippen LogP contribution in [0.15, 0.2) is 48.9 Å². The van der Waals surface area contributed by atoms with E-state index in [1.807, 2.05) is 38.1 Å². The molecule has 1 aliphatic rings. The number of carbonyl (C=O) groups is 2. The Labute approximate surface area is 226 Å². The highest BCUT2D eigenvalue weighted by Gasteiger charge is 2.34. The maximum Gasteiger partial charge on any atom is 0.343 e. The summed E-state index contributed by atoms with van der Waals surface area (Å²) < 4.78 is 21.8. The molecule has 0 atom stereocenters. The van der Waals surface area contributed by atoms with Crippen LogP contribution in [-0.4, -0.2) is 48.9 Å². The van der Waals surface area contributed by atoms with Gasteiger partial charge in [0.1, 0.15) is 5.56 Å². The number of hydrogen-bond donors (Lipinski definition) is 0. The van der Waals surface area contributed by atoms with Gasteiger partial charge in [0, 0.05) is 29.8 Å². The van der Waals surface area contributed by atoms with Crippen molar-refractivity contribution in [2.45, 2.75) is 59.4 Å². The number of amides is 1. The van der Waals surface area contributed by atoms with Crippen LogP contribution in [0.5, 0.6) is 0 Å². The first-order chi connectivity index (χ1) is 18.7. The van der Waals surface area contributed by atoms with Crippen molar-refractivity contribution < 1.29 is 18.7 Å². The number of carbonyl (C=O) groups excluding carboxylic acids is 2. The normalized spacial score (nSPS) is 17.5. The van der Waals surface area contributed by atoms with Crippen LogP contribution < -0.4 is 4.90 Å². The second-order valence-corrected chi connectivity index (χ2v) is 10.4. The van der Waals surface area contributed by atoms with Gasteiger partial charge in [0.25, 0.3) is 0 Å². The topological polar surface area (TPSA) is 94.6 Å². The Bertz CT molecular complexity index is 1480. The van der Waals surface area contributed by atoms with Crippen molar-refractivity contribution in [3.8, 4) is 16.9 Å². The smallest absolute Gasteiger partial charge is 0.343 e. The van der Waals surface area contributed by atoms with Crippen LogP contribution in [0.3, 0.4) is 0 Å². The number of ether oxygens (including phenoxy) is 1. The lowest BCUT2D eigenvalue weighted by Gasteiger charge is -2.32. The summed E-state index contributed by atoms with van der Waals surface area (Å²) in [7, 11) is 0. The zero-order valence-electron chi connectivity index (χ0n) is 22.7. The van der Waals surface area contributed by atoms with Crippen LogP contribution in [0.25, 0.3) is 22.6 Å². The molecule has 0 N–H and O–H groups in total. The summed E-state index contributed by atoms with van der Waals surface area (Å²) >= 11 is 0. The van der Waals surface area contributed by atoms with Crippen molar-refractivity contribution in [2.75, 3.05) is 11.5 Å². The van der Waals surface area contributed by atoms with Crippen LogP contribution >= 0.6 is 0 Å². The SMILES string of the molecule is CCOC(=O)c1cn(-c2ccc(-c3cc4ncc(F)cn4n3)cc2)nc1N(C(=O)C1CCC(C)CC1)C(C)C. The fourth-order valence-corrected chi connectivity index (χ4v) is 5.11. The number of rotatable bonds is 7. The molecule has 4 aromatic rings. The highest BCUT2D eigenvalue weighted by Crippen LogP contribution is 2.33. The van der Waals surface area contributed by atoms with Gasteiger partial charge in [0.2, 0.25) is 5.91 Å². The Morgan fingerprint density at radius 3 is 2.49 bits per heavy atom. The van der Waals surface area contributed by atoms with E-state index in [1.165, 1.54) is 10.7 Å². The van der Waals surface area contributed by atoms with Gasteiger partial charge in [-0.3, -0.25) is 9.69 Å². The first kappa shape index (κ1) is 26.5. The first-order valence-electron chi connectivity index (χ1n) is 13.5. The Kier molecular flexibility index (Phi) is 7.45. The van der Waals surface area contributed by atoms with E-state index >= 15 is 0 Å². The molecule has 0 radical (unpaired) electrons. The molecule has 0 unspecified atom stereocenters. The van der Waals surface area contributed by atoms with Gasteiger partial charge < -0.3 is 4.74 Å². The van der Waals surface area contributed by atoms with Crippen molar-refractivity contribution in [3.63, 3.8) is 0 Å². The van der Waals surface area contributed by atoms with E-state index in [9.17, 15) is 14.0 Å². The van der Waals surface area contributed by atoms with Gasteiger partial charge in [-0.1, -0.05) is 19.1 Å². The number of hydrogen-bond acceptors (Lipinski definition) is 6. The van der Waals surface area contributed by atoms with Crippen molar-refractivity contribution >= 4 is 23.3 Å². The van der Waals surface area contributed by atoms with Crippen molar-refractivity contribution in [2.24, 2.45) is 11.8 Å². The number of anilines is 1. The number of esters is 1. The maximum absolute atomic E-state index is 13.7. The van der Waals surface area contributed by atoms with Crippen molar-refractivity contribution in [1.29, 1.82) is 0 Å². The van der Waals surface area contributed by atoms with E-state index in [2.05, 4.69) is 17.0 Å². The molecule has 0 aliphatic heterocycles. The molecule has 1 aromatic carbocycles. The minimum Gasteiger partial charge on any atom is -0.462 e. The molecule has 1 amide bonds. The number of benzene rings is 1. The minimum atomic E-state index is -0.518. The molecular weight excluding hydrogens is 499 g/mol. The molecule has 39 heavy (non-hydrogen) atoms. The number of nitrogens with zero attached hydrogens (tertiary/aromatic N) is 6. The lowest BCUT2D eigenvalue weighted by atomic mass is 9.82. The molecule has 10 heteroatoms. The molecule has 3 heterocycles. The van der Waals surface area contributed by atoms with Gasteiger partial charge in [-0.15, -0.1) is 5.10 Å². The van der Waals surface area contributed by atoms with Crippen LogP contribution in [0.1, 0.15) is 63.7 Å². The largest absolute Gasteiger partial charge is 0.462 e. The summed E-state index contributed by atoms with van der Waals surface area (Å²) in [5.41, 5.74) is 2.95. The maximum atomic E-state index is 13.7. The van der Waals surface area contributed by atoms with E-state index in [-0.39, 0.29) is 30.0 Å². The standard InChI is InChI=1S/C29H33FN6O3/c1-5-39-29(38)24-17-34(33-27(24)36(18(2)3)28(37)21-8-6-19(4)7-9-21)23-12-10-20(11-13-23)25-14-26-31-15-22(30)16-35(26)32-25/h10-19,21H,5-9H2,1-4H3. The quantitative estimate of drug-likeness (QED) is 0.293. The highest BCUT2D eigenvalue weighted by molar-refractivity contribution is 6.02. The molecular formula is C29H33FN6O3. The Morgan fingerprint density at radius 2 is 1.82 bits per heavy atom.